The van der Waals surface area contributed by atoms with Crippen LogP contribution in [0.5, 0.6) is 0 Å². The highest BCUT2D eigenvalue weighted by Gasteiger charge is 2.09. The third-order valence-corrected chi connectivity index (χ3v) is 1.88. The van der Waals surface area contributed by atoms with E-state index >= 15 is 0 Å². The van der Waals surface area contributed by atoms with E-state index in [1.165, 1.54) is 5.56 Å². The third kappa shape index (κ3) is 1.11. The lowest BCUT2D eigenvalue weighted by Crippen LogP contribution is -2.10. The summed E-state index contributed by atoms with van der Waals surface area (Å²) in [5, 5.41) is 3.15. The van der Waals surface area contributed by atoms with Crippen molar-refractivity contribution in [3.8, 4) is 0 Å². The number of rotatable bonds is 0. The lowest BCUT2D eigenvalue weighted by Gasteiger charge is -2.17. The Balaban J connectivity index is 2.41. The number of fused-ring (bicyclic) bond motifs is 1. The fraction of sp³-hybridized carbons (Fsp3) is 0.222. The predicted octanol–water partition coefficient (Wildman–Crippen LogP) is 1.95. The Labute approximate surface area is 66.0 Å². The molecule has 2 heteroatoms. The molecule has 2 heterocycles. The molecule has 1 aliphatic heterocycles. The summed E-state index contributed by atoms with van der Waals surface area (Å²) in [6, 6.07) is 4.07. The molecule has 0 radical (unpaired) electrons. The minimum atomic E-state index is 0.976. The first-order valence-electron chi connectivity index (χ1n) is 3.75. The molecule has 0 saturated carbocycles. The van der Waals surface area contributed by atoms with Crippen molar-refractivity contribution < 1.29 is 0 Å². The zero-order valence-electron chi connectivity index (χ0n) is 6.30. The van der Waals surface area contributed by atoms with E-state index in [2.05, 4.69) is 22.9 Å². The van der Waals surface area contributed by atoms with Gasteiger partial charge in [0.1, 0.15) is 5.82 Å². The summed E-state index contributed by atoms with van der Waals surface area (Å²) in [6.45, 7) is 3.86. The Morgan fingerprint density at radius 3 is 3.27 bits per heavy atom. The van der Waals surface area contributed by atoms with Gasteiger partial charge in [0.05, 0.1) is 0 Å². The first-order chi connectivity index (χ1) is 5.36. The molecule has 0 saturated heterocycles. The first kappa shape index (κ1) is 6.40. The molecule has 11 heavy (non-hydrogen) atoms. The molecular weight excluding hydrogens is 136 g/mol. The van der Waals surface area contributed by atoms with Crippen LogP contribution in [-0.4, -0.2) is 4.98 Å². The van der Waals surface area contributed by atoms with Crippen LogP contribution in [0.4, 0.5) is 5.82 Å². The highest BCUT2D eigenvalue weighted by atomic mass is 15.0. The van der Waals surface area contributed by atoms with E-state index in [-0.39, 0.29) is 0 Å². The molecule has 0 aliphatic carbocycles. The van der Waals surface area contributed by atoms with Crippen LogP contribution >= 0.6 is 0 Å². The van der Waals surface area contributed by atoms with Gasteiger partial charge in [-0.1, -0.05) is 12.6 Å². The van der Waals surface area contributed by atoms with E-state index in [4.69, 9.17) is 0 Å². The molecule has 2 nitrogen and oxygen atoms in total. The smallest absolute Gasteiger partial charge is 0.133 e. The fourth-order valence-corrected chi connectivity index (χ4v) is 1.27. The first-order valence-corrected chi connectivity index (χ1v) is 3.75. The van der Waals surface area contributed by atoms with Gasteiger partial charge in [0.2, 0.25) is 0 Å². The summed E-state index contributed by atoms with van der Waals surface area (Å²) < 4.78 is 0. The summed E-state index contributed by atoms with van der Waals surface area (Å²) >= 11 is 0. The van der Waals surface area contributed by atoms with Gasteiger partial charge in [-0.15, -0.1) is 0 Å². The van der Waals surface area contributed by atoms with E-state index < -0.39 is 0 Å². The molecule has 56 valence electrons. The van der Waals surface area contributed by atoms with Crippen molar-refractivity contribution in [3.63, 3.8) is 0 Å². The molecule has 1 aromatic rings. The molecule has 1 aromatic heterocycles. The summed E-state index contributed by atoms with van der Waals surface area (Å²) in [5.74, 6) is 0.976. The topological polar surface area (TPSA) is 24.9 Å². The number of allylic oxidation sites excluding steroid dienone is 1. The van der Waals surface area contributed by atoms with Crippen LogP contribution in [0.15, 0.2) is 30.6 Å². The summed E-state index contributed by atoms with van der Waals surface area (Å²) in [7, 11) is 0. The predicted molar refractivity (Wildman–Crippen MR) is 45.3 cm³/mol. The van der Waals surface area contributed by atoms with Crippen molar-refractivity contribution in [2.24, 2.45) is 0 Å². The molecule has 0 unspecified atom stereocenters. The lowest BCUT2D eigenvalue weighted by molar-refractivity contribution is 0.902. The van der Waals surface area contributed by atoms with Crippen LogP contribution in [0.2, 0.25) is 0 Å². The maximum Gasteiger partial charge on any atom is 0.133 e. The van der Waals surface area contributed by atoms with E-state index in [1.807, 2.05) is 6.07 Å². The Morgan fingerprint density at radius 2 is 2.36 bits per heavy atom. The van der Waals surface area contributed by atoms with Crippen molar-refractivity contribution in [3.05, 3.63) is 36.2 Å². The van der Waals surface area contributed by atoms with E-state index in [1.54, 1.807) is 6.20 Å². The third-order valence-electron chi connectivity index (χ3n) is 1.88. The second kappa shape index (κ2) is 2.38. The second-order valence-electron chi connectivity index (χ2n) is 2.74. The SMILES string of the molecule is C=C1CCc2cccnc2N1. The van der Waals surface area contributed by atoms with E-state index in [0.717, 1.165) is 24.4 Å². The molecule has 1 N–H and O–H groups in total. The Bertz CT molecular complexity index is 291. The zero-order valence-corrected chi connectivity index (χ0v) is 6.30. The average molecular weight is 146 g/mol. The van der Waals surface area contributed by atoms with Crippen molar-refractivity contribution in [2.45, 2.75) is 12.8 Å². The van der Waals surface area contributed by atoms with Crippen molar-refractivity contribution in [1.82, 2.24) is 4.98 Å². The summed E-state index contributed by atoms with van der Waals surface area (Å²) in [5.41, 5.74) is 2.36. The van der Waals surface area contributed by atoms with Gasteiger partial charge in [-0.3, -0.25) is 0 Å². The minimum absolute atomic E-state index is 0.976. The number of aromatic nitrogens is 1. The van der Waals surface area contributed by atoms with Gasteiger partial charge in [0.25, 0.3) is 0 Å². The van der Waals surface area contributed by atoms with Crippen LogP contribution in [0.3, 0.4) is 0 Å². The highest BCUT2D eigenvalue weighted by molar-refractivity contribution is 5.51. The fourth-order valence-electron chi connectivity index (χ4n) is 1.27. The molecule has 0 atom stereocenters. The molecule has 1 aliphatic rings. The van der Waals surface area contributed by atoms with Crippen LogP contribution < -0.4 is 5.32 Å². The van der Waals surface area contributed by atoms with Gasteiger partial charge in [-0.05, 0) is 24.5 Å². The van der Waals surface area contributed by atoms with E-state index in [0.29, 0.717) is 0 Å². The van der Waals surface area contributed by atoms with Crippen molar-refractivity contribution in [2.75, 3.05) is 5.32 Å². The number of nitrogens with one attached hydrogen (secondary N) is 1. The number of aryl methyl sites for hydroxylation is 1. The normalized spacial score (nSPS) is 15.5. The van der Waals surface area contributed by atoms with Crippen LogP contribution in [0, 0.1) is 0 Å². The van der Waals surface area contributed by atoms with Gasteiger partial charge < -0.3 is 5.32 Å². The standard InChI is InChI=1S/C9H10N2/c1-7-4-5-8-3-2-6-10-9(8)11-7/h2-3,6H,1,4-5H2,(H,10,11). The van der Waals surface area contributed by atoms with Gasteiger partial charge in [-0.25, -0.2) is 4.98 Å². The van der Waals surface area contributed by atoms with Crippen molar-refractivity contribution >= 4 is 5.82 Å². The molecule has 0 bridgehead atoms. The highest BCUT2D eigenvalue weighted by Crippen LogP contribution is 2.22. The summed E-state index contributed by atoms with van der Waals surface area (Å²) in [4.78, 5) is 4.20. The Hall–Kier alpha value is -1.31. The zero-order chi connectivity index (χ0) is 7.68. The van der Waals surface area contributed by atoms with Gasteiger partial charge in [0, 0.05) is 11.9 Å². The maximum absolute atomic E-state index is 4.20. The van der Waals surface area contributed by atoms with Crippen LogP contribution in [0.1, 0.15) is 12.0 Å². The van der Waals surface area contributed by atoms with Crippen LogP contribution in [0.25, 0.3) is 0 Å². The van der Waals surface area contributed by atoms with E-state index in [9.17, 15) is 0 Å². The van der Waals surface area contributed by atoms with Gasteiger partial charge in [-0.2, -0.15) is 0 Å². The lowest BCUT2D eigenvalue weighted by atomic mass is 10.1. The largest absolute Gasteiger partial charge is 0.344 e. The molecule has 0 spiro atoms. The average Bonchev–Trinajstić information content (AvgIpc) is 2.04. The summed E-state index contributed by atoms with van der Waals surface area (Å²) in [6.07, 6.45) is 3.89. The maximum atomic E-state index is 4.20. The molecular formula is C9H10N2. The minimum Gasteiger partial charge on any atom is -0.344 e. The van der Waals surface area contributed by atoms with Crippen LogP contribution in [-0.2, 0) is 6.42 Å². The number of anilines is 1. The molecule has 0 amide bonds. The monoisotopic (exact) mass is 146 g/mol. The number of hydrogen-bond acceptors (Lipinski definition) is 2. The van der Waals surface area contributed by atoms with Gasteiger partial charge in [0.15, 0.2) is 0 Å². The number of pyridine rings is 1. The Kier molecular flexibility index (Phi) is 1.39. The molecule has 0 aromatic carbocycles. The Morgan fingerprint density at radius 1 is 1.45 bits per heavy atom. The van der Waals surface area contributed by atoms with Crippen molar-refractivity contribution in [1.29, 1.82) is 0 Å². The van der Waals surface area contributed by atoms with Gasteiger partial charge >= 0.3 is 0 Å². The molecule has 0 fully saturated rings. The number of nitrogens with zero attached hydrogens (tertiary/aromatic N) is 1. The molecule has 2 rings (SSSR count). The quantitative estimate of drug-likeness (QED) is 0.605. The number of hydrogen-bond donors (Lipinski definition) is 1. The second-order valence-corrected chi connectivity index (χ2v) is 2.74.